The van der Waals surface area contributed by atoms with Crippen molar-refractivity contribution in [2.45, 2.75) is 6.61 Å². The van der Waals surface area contributed by atoms with E-state index in [1.165, 1.54) is 5.39 Å². The van der Waals surface area contributed by atoms with Gasteiger partial charge in [0.1, 0.15) is 6.61 Å². The molecule has 0 aliphatic heterocycles. The Hall–Kier alpha value is -3.70. The van der Waals surface area contributed by atoms with Gasteiger partial charge in [-0.05, 0) is 86.5 Å². The zero-order valence-corrected chi connectivity index (χ0v) is 21.8. The van der Waals surface area contributed by atoms with E-state index in [0.29, 0.717) is 35.2 Å². The molecule has 0 spiro atoms. The van der Waals surface area contributed by atoms with Gasteiger partial charge in [0.15, 0.2) is 23.0 Å². The first-order valence-corrected chi connectivity index (χ1v) is 12.0. The number of halogens is 1. The van der Waals surface area contributed by atoms with Gasteiger partial charge in [-0.25, -0.2) is 0 Å². The Bertz CT molecular complexity index is 1430. The Morgan fingerprint density at radius 3 is 2.34 bits per heavy atom. The van der Waals surface area contributed by atoms with Crippen LogP contribution in [0.4, 0.5) is 0 Å². The third-order valence-electron chi connectivity index (χ3n) is 5.63. The average Bonchev–Trinajstić information content (AvgIpc) is 2.90. The molecule has 0 unspecified atom stereocenters. The number of hydrogen-bond donors (Lipinski definition) is 0. The molecule has 5 nitrogen and oxygen atoms in total. The quantitative estimate of drug-likeness (QED) is 0.127. The molecule has 0 bridgehead atoms. The number of rotatable bonds is 8. The van der Waals surface area contributed by atoms with Gasteiger partial charge in [-0.1, -0.05) is 42.5 Å². The fraction of sp³-hybridized carbons (Fsp3) is 0.138. The van der Waals surface area contributed by atoms with Crippen molar-refractivity contribution in [1.29, 1.82) is 5.26 Å². The SMILES string of the molecule is COc1ccc(/C(C#N)=C/c2cc(I)c(OCc3cccc4ccccc34)c(OC)c2)cc1OC. The zero-order valence-electron chi connectivity index (χ0n) is 19.7. The predicted octanol–water partition coefficient (Wildman–Crippen LogP) is 7.11. The van der Waals surface area contributed by atoms with Gasteiger partial charge in [0.25, 0.3) is 0 Å². The molecule has 0 N–H and O–H groups in total. The molecule has 0 heterocycles. The maximum atomic E-state index is 9.83. The first kappa shape index (κ1) is 24.4. The summed E-state index contributed by atoms with van der Waals surface area (Å²) in [6.45, 7) is 0.415. The smallest absolute Gasteiger partial charge is 0.174 e. The lowest BCUT2D eigenvalue weighted by Crippen LogP contribution is -2.01. The predicted molar refractivity (Wildman–Crippen MR) is 147 cm³/mol. The van der Waals surface area contributed by atoms with E-state index in [0.717, 1.165) is 25.6 Å². The van der Waals surface area contributed by atoms with Crippen molar-refractivity contribution in [2.75, 3.05) is 21.3 Å². The summed E-state index contributed by atoms with van der Waals surface area (Å²) in [5, 5.41) is 12.2. The Balaban J connectivity index is 1.64. The maximum Gasteiger partial charge on any atom is 0.174 e. The minimum atomic E-state index is 0.415. The summed E-state index contributed by atoms with van der Waals surface area (Å²) in [7, 11) is 4.77. The largest absolute Gasteiger partial charge is 0.493 e. The normalized spacial score (nSPS) is 11.1. The Morgan fingerprint density at radius 1 is 0.857 bits per heavy atom. The molecule has 0 radical (unpaired) electrons. The van der Waals surface area contributed by atoms with Crippen LogP contribution in [0.3, 0.4) is 0 Å². The van der Waals surface area contributed by atoms with Crippen LogP contribution in [-0.2, 0) is 6.61 Å². The van der Waals surface area contributed by atoms with E-state index in [1.54, 1.807) is 33.5 Å². The molecule has 0 fully saturated rings. The van der Waals surface area contributed by atoms with Crippen LogP contribution in [0.2, 0.25) is 0 Å². The number of ether oxygens (including phenoxy) is 4. The van der Waals surface area contributed by atoms with Crippen LogP contribution >= 0.6 is 22.6 Å². The van der Waals surface area contributed by atoms with E-state index in [2.05, 4.69) is 52.9 Å². The Morgan fingerprint density at radius 2 is 1.60 bits per heavy atom. The van der Waals surface area contributed by atoms with Crippen LogP contribution in [0, 0.1) is 14.9 Å². The summed E-state index contributed by atoms with van der Waals surface area (Å²) < 4.78 is 23.5. The Labute approximate surface area is 218 Å². The van der Waals surface area contributed by atoms with Crippen LogP contribution in [0.1, 0.15) is 16.7 Å². The molecule has 0 aromatic heterocycles. The molecule has 0 saturated heterocycles. The number of nitrogens with zero attached hydrogens (tertiary/aromatic N) is 1. The van der Waals surface area contributed by atoms with E-state index < -0.39 is 0 Å². The van der Waals surface area contributed by atoms with Gasteiger partial charge in [0.2, 0.25) is 0 Å². The number of methoxy groups -OCH3 is 3. The second-order valence-electron chi connectivity index (χ2n) is 7.70. The molecule has 0 saturated carbocycles. The summed E-state index contributed by atoms with van der Waals surface area (Å²) in [6, 6.07) is 26.0. The molecule has 4 rings (SSSR count). The van der Waals surface area contributed by atoms with Crippen molar-refractivity contribution >= 4 is 45.0 Å². The molecule has 176 valence electrons. The molecule has 35 heavy (non-hydrogen) atoms. The molecule has 0 atom stereocenters. The molecular weight excluding hydrogens is 553 g/mol. The van der Waals surface area contributed by atoms with Gasteiger partial charge < -0.3 is 18.9 Å². The average molecular weight is 577 g/mol. The summed E-state index contributed by atoms with van der Waals surface area (Å²) in [5.41, 5.74) is 3.16. The highest BCUT2D eigenvalue weighted by Gasteiger charge is 2.14. The third-order valence-corrected chi connectivity index (χ3v) is 6.43. The molecule has 6 heteroatoms. The maximum absolute atomic E-state index is 9.83. The number of hydrogen-bond acceptors (Lipinski definition) is 5. The first-order chi connectivity index (χ1) is 17.1. The highest BCUT2D eigenvalue weighted by Crippen LogP contribution is 2.37. The van der Waals surface area contributed by atoms with Gasteiger partial charge in [-0.2, -0.15) is 5.26 Å². The minimum absolute atomic E-state index is 0.415. The lowest BCUT2D eigenvalue weighted by atomic mass is 10.0. The fourth-order valence-corrected chi connectivity index (χ4v) is 4.66. The van der Waals surface area contributed by atoms with Gasteiger partial charge in [0, 0.05) is 0 Å². The van der Waals surface area contributed by atoms with Crippen LogP contribution in [-0.4, -0.2) is 21.3 Å². The summed E-state index contributed by atoms with van der Waals surface area (Å²) in [4.78, 5) is 0. The van der Waals surface area contributed by atoms with Crippen LogP contribution in [0.25, 0.3) is 22.4 Å². The van der Waals surface area contributed by atoms with Gasteiger partial charge in [-0.3, -0.25) is 0 Å². The van der Waals surface area contributed by atoms with E-state index >= 15 is 0 Å². The second-order valence-corrected chi connectivity index (χ2v) is 8.86. The van der Waals surface area contributed by atoms with E-state index in [9.17, 15) is 5.26 Å². The third kappa shape index (κ3) is 5.36. The van der Waals surface area contributed by atoms with E-state index in [-0.39, 0.29) is 0 Å². The lowest BCUT2D eigenvalue weighted by molar-refractivity contribution is 0.283. The zero-order chi connectivity index (χ0) is 24.8. The fourth-order valence-electron chi connectivity index (χ4n) is 3.88. The van der Waals surface area contributed by atoms with Crippen LogP contribution in [0.5, 0.6) is 23.0 Å². The minimum Gasteiger partial charge on any atom is -0.493 e. The van der Waals surface area contributed by atoms with Crippen molar-refractivity contribution in [3.63, 3.8) is 0 Å². The Kier molecular flexibility index (Phi) is 7.78. The number of nitriles is 1. The number of allylic oxidation sites excluding steroid dienone is 1. The molecule has 0 aliphatic carbocycles. The standard InChI is InChI=1S/C29H24INO4/c1-32-26-12-11-21(16-27(26)33-2)23(17-31)13-19-14-25(30)29(28(15-19)34-3)35-18-22-9-6-8-20-7-4-5-10-24(20)22/h4-16H,18H2,1-3H3/b23-13+. The highest BCUT2D eigenvalue weighted by atomic mass is 127. The molecule has 0 amide bonds. The second kappa shape index (κ2) is 11.2. The van der Waals surface area contributed by atoms with Gasteiger partial charge in [-0.15, -0.1) is 0 Å². The van der Waals surface area contributed by atoms with Crippen LogP contribution < -0.4 is 18.9 Å². The topological polar surface area (TPSA) is 60.7 Å². The number of benzene rings is 4. The number of fused-ring (bicyclic) bond motifs is 1. The first-order valence-electron chi connectivity index (χ1n) is 10.9. The lowest BCUT2D eigenvalue weighted by Gasteiger charge is -2.15. The van der Waals surface area contributed by atoms with Crippen LogP contribution in [0.15, 0.2) is 72.8 Å². The van der Waals surface area contributed by atoms with Crippen molar-refractivity contribution in [3.8, 4) is 29.1 Å². The molecular formula is C29H24INO4. The summed E-state index contributed by atoms with van der Waals surface area (Å²) in [5.74, 6) is 2.45. The summed E-state index contributed by atoms with van der Waals surface area (Å²) in [6.07, 6.45) is 1.82. The molecule has 4 aromatic carbocycles. The van der Waals surface area contributed by atoms with Crippen molar-refractivity contribution in [1.82, 2.24) is 0 Å². The van der Waals surface area contributed by atoms with Gasteiger partial charge in [0.05, 0.1) is 36.5 Å². The highest BCUT2D eigenvalue weighted by molar-refractivity contribution is 14.1. The monoisotopic (exact) mass is 577 g/mol. The van der Waals surface area contributed by atoms with Crippen molar-refractivity contribution < 1.29 is 18.9 Å². The van der Waals surface area contributed by atoms with Gasteiger partial charge >= 0.3 is 0 Å². The molecule has 4 aromatic rings. The summed E-state index contributed by atoms with van der Waals surface area (Å²) >= 11 is 2.24. The van der Waals surface area contributed by atoms with E-state index in [1.807, 2.05) is 42.5 Å². The molecule has 0 aliphatic rings. The van der Waals surface area contributed by atoms with Crippen molar-refractivity contribution in [3.05, 3.63) is 93.1 Å². The van der Waals surface area contributed by atoms with E-state index in [4.69, 9.17) is 18.9 Å². The van der Waals surface area contributed by atoms with Crippen molar-refractivity contribution in [2.24, 2.45) is 0 Å².